The molecule has 0 aromatic carbocycles. The Morgan fingerprint density at radius 2 is 1.86 bits per heavy atom. The first-order chi connectivity index (χ1) is 6.37. The zero-order chi connectivity index (χ0) is 11.2. The largest absolute Gasteiger partial charge is 0.394 e. The van der Waals surface area contributed by atoms with E-state index in [2.05, 4.69) is 5.32 Å². The van der Waals surface area contributed by atoms with Crippen LogP contribution in [0, 0.1) is 0 Å². The van der Waals surface area contributed by atoms with E-state index in [1.807, 2.05) is 0 Å². The Hall–Kier alpha value is -0.900. The van der Waals surface area contributed by atoms with Crippen LogP contribution in [0.3, 0.4) is 0 Å². The van der Waals surface area contributed by atoms with Gasteiger partial charge in [-0.05, 0) is 27.2 Å². The molecule has 0 aromatic heterocycles. The van der Waals surface area contributed by atoms with Gasteiger partial charge in [-0.1, -0.05) is 0 Å². The van der Waals surface area contributed by atoms with E-state index in [4.69, 9.17) is 5.11 Å². The van der Waals surface area contributed by atoms with Crippen LogP contribution in [-0.4, -0.2) is 28.9 Å². The summed E-state index contributed by atoms with van der Waals surface area (Å²) in [7, 11) is 0. The molecule has 0 fully saturated rings. The zero-order valence-corrected chi connectivity index (χ0v) is 9.09. The summed E-state index contributed by atoms with van der Waals surface area (Å²) in [5, 5.41) is 11.6. The van der Waals surface area contributed by atoms with E-state index in [1.165, 1.54) is 6.92 Å². The number of rotatable bonds is 6. The molecule has 82 valence electrons. The number of ketones is 1. The summed E-state index contributed by atoms with van der Waals surface area (Å²) < 4.78 is 0. The van der Waals surface area contributed by atoms with Gasteiger partial charge in [0.05, 0.1) is 12.1 Å². The Morgan fingerprint density at radius 3 is 2.29 bits per heavy atom. The highest BCUT2D eigenvalue weighted by molar-refractivity contribution is 5.79. The van der Waals surface area contributed by atoms with Crippen molar-refractivity contribution in [2.75, 3.05) is 6.61 Å². The number of amides is 1. The smallest absolute Gasteiger partial charge is 0.220 e. The lowest BCUT2D eigenvalue weighted by molar-refractivity contribution is -0.123. The monoisotopic (exact) mass is 201 g/mol. The molecule has 0 rings (SSSR count). The molecule has 0 saturated heterocycles. The van der Waals surface area contributed by atoms with Crippen LogP contribution in [0.1, 0.15) is 40.0 Å². The van der Waals surface area contributed by atoms with Crippen LogP contribution in [0.25, 0.3) is 0 Å². The van der Waals surface area contributed by atoms with E-state index < -0.39 is 5.54 Å². The maximum atomic E-state index is 11.3. The molecule has 0 aliphatic rings. The minimum absolute atomic E-state index is 0.0918. The number of carbonyl (C=O) groups is 2. The third-order valence-corrected chi connectivity index (χ3v) is 1.81. The molecule has 4 nitrogen and oxygen atoms in total. The fourth-order valence-electron chi connectivity index (χ4n) is 0.977. The molecule has 14 heavy (non-hydrogen) atoms. The second kappa shape index (κ2) is 5.75. The van der Waals surface area contributed by atoms with Crippen molar-refractivity contribution in [2.45, 2.75) is 45.6 Å². The molecular weight excluding hydrogens is 182 g/mol. The summed E-state index contributed by atoms with van der Waals surface area (Å²) in [6, 6.07) is 0. The standard InChI is InChI=1S/C10H19NO3/c1-8(13)5-4-6-9(14)11-10(2,3)7-12/h12H,4-7H2,1-3H3,(H,11,14). The number of hydrogen-bond acceptors (Lipinski definition) is 3. The van der Waals surface area contributed by atoms with E-state index in [1.54, 1.807) is 13.8 Å². The minimum Gasteiger partial charge on any atom is -0.394 e. The molecule has 4 heteroatoms. The van der Waals surface area contributed by atoms with E-state index in [-0.39, 0.29) is 18.3 Å². The van der Waals surface area contributed by atoms with Gasteiger partial charge < -0.3 is 15.2 Å². The van der Waals surface area contributed by atoms with Crippen LogP contribution in [-0.2, 0) is 9.59 Å². The van der Waals surface area contributed by atoms with Gasteiger partial charge in [0.15, 0.2) is 0 Å². The molecule has 0 saturated carbocycles. The lowest BCUT2D eigenvalue weighted by Crippen LogP contribution is -2.46. The molecule has 0 aromatic rings. The minimum atomic E-state index is -0.576. The maximum Gasteiger partial charge on any atom is 0.220 e. The quantitative estimate of drug-likeness (QED) is 0.662. The summed E-state index contributed by atoms with van der Waals surface area (Å²) in [5.74, 6) is -0.0236. The third kappa shape index (κ3) is 6.60. The fraction of sp³-hybridized carbons (Fsp3) is 0.800. The Balaban J connectivity index is 3.71. The van der Waals surface area contributed by atoms with Gasteiger partial charge in [-0.25, -0.2) is 0 Å². The summed E-state index contributed by atoms with van der Waals surface area (Å²) in [5.41, 5.74) is -0.576. The lowest BCUT2D eigenvalue weighted by Gasteiger charge is -2.23. The van der Waals surface area contributed by atoms with Crippen molar-refractivity contribution in [2.24, 2.45) is 0 Å². The second-order valence-corrected chi connectivity index (χ2v) is 4.15. The Kier molecular flexibility index (Phi) is 5.38. The molecule has 0 atom stereocenters. The number of hydrogen-bond donors (Lipinski definition) is 2. The van der Waals surface area contributed by atoms with Crippen molar-refractivity contribution in [1.29, 1.82) is 0 Å². The summed E-state index contributed by atoms with van der Waals surface area (Å²) in [4.78, 5) is 21.9. The Labute approximate surface area is 84.7 Å². The number of aliphatic hydroxyl groups is 1. The van der Waals surface area contributed by atoms with Crippen LogP contribution in [0.4, 0.5) is 0 Å². The van der Waals surface area contributed by atoms with Gasteiger partial charge in [0.1, 0.15) is 5.78 Å². The van der Waals surface area contributed by atoms with Crippen molar-refractivity contribution in [3.05, 3.63) is 0 Å². The number of Topliss-reactive ketones (excluding diaryl/α,β-unsaturated/α-hetero) is 1. The van der Waals surface area contributed by atoms with Gasteiger partial charge in [-0.3, -0.25) is 4.79 Å². The van der Waals surface area contributed by atoms with Crippen LogP contribution in [0.15, 0.2) is 0 Å². The van der Waals surface area contributed by atoms with Gasteiger partial charge in [-0.2, -0.15) is 0 Å². The van der Waals surface area contributed by atoms with Gasteiger partial charge in [0.25, 0.3) is 0 Å². The van der Waals surface area contributed by atoms with Crippen LogP contribution < -0.4 is 5.32 Å². The summed E-state index contributed by atoms with van der Waals surface area (Å²) in [6.07, 6.45) is 1.35. The topological polar surface area (TPSA) is 66.4 Å². The van der Waals surface area contributed by atoms with E-state index in [0.29, 0.717) is 19.3 Å². The van der Waals surface area contributed by atoms with Crippen LogP contribution >= 0.6 is 0 Å². The molecule has 0 unspecified atom stereocenters. The predicted molar refractivity (Wildman–Crippen MR) is 53.8 cm³/mol. The molecule has 0 heterocycles. The lowest BCUT2D eigenvalue weighted by atomic mass is 10.1. The molecule has 1 amide bonds. The maximum absolute atomic E-state index is 11.3. The Bertz CT molecular complexity index is 211. The first-order valence-corrected chi connectivity index (χ1v) is 4.79. The van der Waals surface area contributed by atoms with Crippen LogP contribution in [0.5, 0.6) is 0 Å². The molecule has 0 aliphatic carbocycles. The SMILES string of the molecule is CC(=O)CCCC(=O)NC(C)(C)CO. The summed E-state index contributed by atoms with van der Waals surface area (Å²) in [6.45, 7) is 4.91. The van der Waals surface area contributed by atoms with Crippen molar-refractivity contribution in [3.8, 4) is 0 Å². The normalized spacial score (nSPS) is 11.1. The zero-order valence-electron chi connectivity index (χ0n) is 9.09. The van der Waals surface area contributed by atoms with Crippen molar-refractivity contribution in [3.63, 3.8) is 0 Å². The van der Waals surface area contributed by atoms with Crippen molar-refractivity contribution >= 4 is 11.7 Å². The number of carbonyl (C=O) groups excluding carboxylic acids is 2. The van der Waals surface area contributed by atoms with Gasteiger partial charge >= 0.3 is 0 Å². The number of aliphatic hydroxyl groups excluding tert-OH is 1. The first kappa shape index (κ1) is 13.1. The fourth-order valence-corrected chi connectivity index (χ4v) is 0.977. The summed E-state index contributed by atoms with van der Waals surface area (Å²) >= 11 is 0. The van der Waals surface area contributed by atoms with Crippen molar-refractivity contribution in [1.82, 2.24) is 5.32 Å². The van der Waals surface area contributed by atoms with Crippen LogP contribution in [0.2, 0.25) is 0 Å². The van der Waals surface area contributed by atoms with E-state index >= 15 is 0 Å². The molecule has 0 bridgehead atoms. The highest BCUT2D eigenvalue weighted by atomic mass is 16.3. The van der Waals surface area contributed by atoms with E-state index in [9.17, 15) is 9.59 Å². The van der Waals surface area contributed by atoms with E-state index in [0.717, 1.165) is 0 Å². The van der Waals surface area contributed by atoms with Crippen molar-refractivity contribution < 1.29 is 14.7 Å². The van der Waals surface area contributed by atoms with Gasteiger partial charge in [0, 0.05) is 12.8 Å². The average Bonchev–Trinajstić information content (AvgIpc) is 2.02. The van der Waals surface area contributed by atoms with Gasteiger partial charge in [0.2, 0.25) is 5.91 Å². The average molecular weight is 201 g/mol. The highest BCUT2D eigenvalue weighted by Crippen LogP contribution is 2.02. The second-order valence-electron chi connectivity index (χ2n) is 4.15. The molecular formula is C10H19NO3. The first-order valence-electron chi connectivity index (χ1n) is 4.79. The highest BCUT2D eigenvalue weighted by Gasteiger charge is 2.18. The molecule has 2 N–H and O–H groups in total. The Morgan fingerprint density at radius 1 is 1.29 bits per heavy atom. The number of nitrogens with one attached hydrogen (secondary N) is 1. The molecule has 0 aliphatic heterocycles. The predicted octanol–water partition coefficient (Wildman–Crippen LogP) is 0.633. The third-order valence-electron chi connectivity index (χ3n) is 1.81. The molecule has 0 spiro atoms. The molecule has 0 radical (unpaired) electrons. The van der Waals surface area contributed by atoms with Gasteiger partial charge in [-0.15, -0.1) is 0 Å².